The minimum atomic E-state index is 0.757. The fourth-order valence-electron chi connectivity index (χ4n) is 3.60. The molecule has 0 spiro atoms. The topological polar surface area (TPSA) is 12.0 Å². The van der Waals surface area contributed by atoms with E-state index in [0.29, 0.717) is 0 Å². The van der Waals surface area contributed by atoms with Crippen molar-refractivity contribution in [2.45, 2.75) is 50.9 Å². The van der Waals surface area contributed by atoms with Gasteiger partial charge < -0.3 is 5.32 Å². The number of benzene rings is 1. The van der Waals surface area contributed by atoms with Crippen LogP contribution in [0.15, 0.2) is 24.3 Å². The molecule has 98 valence electrons. The lowest BCUT2D eigenvalue weighted by molar-refractivity contribution is 0.348. The van der Waals surface area contributed by atoms with Crippen molar-refractivity contribution >= 4 is 0 Å². The molecule has 1 aromatic carbocycles. The predicted octanol–water partition coefficient (Wildman–Crippen LogP) is 4.06. The molecule has 1 heteroatoms. The standard InChI is InChI=1S/C17H25N/c1-13-5-7-14(8-6-13)15-3-2-4-16(11-15)17-9-10-18-12-17/h2-4,11,13-14,17-18H,5-10,12H2,1H3. The molecule has 18 heavy (non-hydrogen) atoms. The van der Waals surface area contributed by atoms with Crippen molar-refractivity contribution in [3.05, 3.63) is 35.4 Å². The zero-order valence-electron chi connectivity index (χ0n) is 11.5. The lowest BCUT2D eigenvalue weighted by atomic mass is 9.79. The van der Waals surface area contributed by atoms with Crippen molar-refractivity contribution in [2.24, 2.45) is 5.92 Å². The van der Waals surface area contributed by atoms with Crippen LogP contribution in [0.2, 0.25) is 0 Å². The van der Waals surface area contributed by atoms with E-state index in [4.69, 9.17) is 0 Å². The number of nitrogens with one attached hydrogen (secondary N) is 1. The summed E-state index contributed by atoms with van der Waals surface area (Å²) in [6, 6.07) is 9.46. The number of hydrogen-bond acceptors (Lipinski definition) is 1. The van der Waals surface area contributed by atoms with Gasteiger partial charge in [-0.1, -0.05) is 44.0 Å². The van der Waals surface area contributed by atoms with Crippen molar-refractivity contribution < 1.29 is 0 Å². The second-order valence-electron chi connectivity index (χ2n) is 6.32. The molecule has 1 N–H and O–H groups in total. The first kappa shape index (κ1) is 12.2. The molecule has 2 aliphatic rings. The van der Waals surface area contributed by atoms with E-state index in [9.17, 15) is 0 Å². The quantitative estimate of drug-likeness (QED) is 0.826. The van der Waals surface area contributed by atoms with E-state index in [1.165, 1.54) is 45.2 Å². The van der Waals surface area contributed by atoms with Gasteiger partial charge in [-0.25, -0.2) is 0 Å². The van der Waals surface area contributed by atoms with Crippen LogP contribution < -0.4 is 5.32 Å². The van der Waals surface area contributed by atoms with Crippen molar-refractivity contribution in [1.82, 2.24) is 5.32 Å². The van der Waals surface area contributed by atoms with Crippen molar-refractivity contribution in [3.8, 4) is 0 Å². The minimum absolute atomic E-state index is 0.757. The van der Waals surface area contributed by atoms with Gasteiger partial charge in [-0.15, -0.1) is 0 Å². The van der Waals surface area contributed by atoms with Crippen LogP contribution in [-0.2, 0) is 0 Å². The summed E-state index contributed by atoms with van der Waals surface area (Å²) >= 11 is 0. The van der Waals surface area contributed by atoms with Gasteiger partial charge in [-0.05, 0) is 54.7 Å². The Hall–Kier alpha value is -0.820. The molecule has 1 saturated heterocycles. The van der Waals surface area contributed by atoms with Gasteiger partial charge in [-0.3, -0.25) is 0 Å². The van der Waals surface area contributed by atoms with Crippen LogP contribution in [0.5, 0.6) is 0 Å². The number of rotatable bonds is 2. The van der Waals surface area contributed by atoms with Gasteiger partial charge in [0.15, 0.2) is 0 Å². The number of hydrogen-bond donors (Lipinski definition) is 1. The van der Waals surface area contributed by atoms with Gasteiger partial charge >= 0.3 is 0 Å². The van der Waals surface area contributed by atoms with Crippen LogP contribution in [0, 0.1) is 5.92 Å². The highest BCUT2D eigenvalue weighted by Crippen LogP contribution is 2.36. The maximum atomic E-state index is 3.48. The highest BCUT2D eigenvalue weighted by atomic mass is 14.9. The first-order valence-corrected chi connectivity index (χ1v) is 7.63. The third-order valence-corrected chi connectivity index (χ3v) is 4.93. The van der Waals surface area contributed by atoms with Gasteiger partial charge in [0.2, 0.25) is 0 Å². The van der Waals surface area contributed by atoms with E-state index in [-0.39, 0.29) is 0 Å². The third kappa shape index (κ3) is 2.61. The van der Waals surface area contributed by atoms with E-state index >= 15 is 0 Å². The lowest BCUT2D eigenvalue weighted by Crippen LogP contribution is -2.12. The fraction of sp³-hybridized carbons (Fsp3) is 0.647. The average Bonchev–Trinajstić information content (AvgIpc) is 2.94. The zero-order valence-corrected chi connectivity index (χ0v) is 11.5. The highest BCUT2D eigenvalue weighted by Gasteiger charge is 2.21. The predicted molar refractivity (Wildman–Crippen MR) is 77.0 cm³/mol. The molecule has 0 radical (unpaired) electrons. The molecule has 1 atom stereocenters. The molecule has 1 saturated carbocycles. The van der Waals surface area contributed by atoms with E-state index < -0.39 is 0 Å². The van der Waals surface area contributed by atoms with Crippen molar-refractivity contribution in [2.75, 3.05) is 13.1 Å². The van der Waals surface area contributed by atoms with Crippen LogP contribution in [-0.4, -0.2) is 13.1 Å². The Kier molecular flexibility index (Phi) is 3.69. The van der Waals surface area contributed by atoms with Crippen molar-refractivity contribution in [1.29, 1.82) is 0 Å². The molecular formula is C17H25N. The smallest absolute Gasteiger partial charge is 0.00206 e. The molecule has 1 unspecified atom stereocenters. The summed E-state index contributed by atoms with van der Waals surface area (Å²) in [4.78, 5) is 0. The minimum Gasteiger partial charge on any atom is -0.316 e. The molecule has 1 nitrogen and oxygen atoms in total. The summed E-state index contributed by atoms with van der Waals surface area (Å²) in [5.74, 6) is 2.53. The fourth-order valence-corrected chi connectivity index (χ4v) is 3.60. The maximum Gasteiger partial charge on any atom is 0.00206 e. The van der Waals surface area contributed by atoms with Crippen LogP contribution in [0.4, 0.5) is 0 Å². The van der Waals surface area contributed by atoms with Crippen LogP contribution in [0.3, 0.4) is 0 Å². The normalized spacial score (nSPS) is 32.6. The second-order valence-corrected chi connectivity index (χ2v) is 6.32. The summed E-state index contributed by atoms with van der Waals surface area (Å²) < 4.78 is 0. The van der Waals surface area contributed by atoms with Gasteiger partial charge in [0.05, 0.1) is 0 Å². The molecule has 0 amide bonds. The van der Waals surface area contributed by atoms with Crippen LogP contribution >= 0.6 is 0 Å². The maximum absolute atomic E-state index is 3.48. The van der Waals surface area contributed by atoms with Crippen molar-refractivity contribution in [3.63, 3.8) is 0 Å². The average molecular weight is 243 g/mol. The molecule has 0 bridgehead atoms. The van der Waals surface area contributed by atoms with Gasteiger partial charge in [0.1, 0.15) is 0 Å². The molecule has 0 aromatic heterocycles. The Balaban J connectivity index is 1.74. The lowest BCUT2D eigenvalue weighted by Gasteiger charge is -2.27. The summed E-state index contributed by atoms with van der Waals surface area (Å²) in [6.07, 6.45) is 6.94. The highest BCUT2D eigenvalue weighted by molar-refractivity contribution is 5.30. The monoisotopic (exact) mass is 243 g/mol. The van der Waals surface area contributed by atoms with Gasteiger partial charge in [0, 0.05) is 6.54 Å². The Morgan fingerprint density at radius 2 is 1.67 bits per heavy atom. The van der Waals surface area contributed by atoms with E-state index in [0.717, 1.165) is 17.8 Å². The first-order valence-electron chi connectivity index (χ1n) is 7.63. The molecule has 1 heterocycles. The van der Waals surface area contributed by atoms with E-state index in [2.05, 4.69) is 36.5 Å². The zero-order chi connectivity index (χ0) is 12.4. The molecule has 1 aromatic rings. The van der Waals surface area contributed by atoms with E-state index in [1.807, 2.05) is 0 Å². The Morgan fingerprint density at radius 1 is 0.944 bits per heavy atom. The first-order chi connectivity index (χ1) is 8.83. The summed E-state index contributed by atoms with van der Waals surface area (Å²) in [6.45, 7) is 4.76. The van der Waals surface area contributed by atoms with Crippen LogP contribution in [0.25, 0.3) is 0 Å². The largest absolute Gasteiger partial charge is 0.316 e. The van der Waals surface area contributed by atoms with Crippen LogP contribution in [0.1, 0.15) is 62.0 Å². The summed E-state index contributed by atoms with van der Waals surface area (Å²) in [7, 11) is 0. The molecular weight excluding hydrogens is 218 g/mol. The Bertz CT molecular complexity index is 384. The van der Waals surface area contributed by atoms with Gasteiger partial charge in [-0.2, -0.15) is 0 Å². The molecule has 3 rings (SSSR count). The molecule has 1 aliphatic heterocycles. The Labute approximate surface area is 111 Å². The van der Waals surface area contributed by atoms with Gasteiger partial charge in [0.25, 0.3) is 0 Å². The molecule has 1 aliphatic carbocycles. The second kappa shape index (κ2) is 5.44. The summed E-state index contributed by atoms with van der Waals surface area (Å²) in [5.41, 5.74) is 3.17. The Morgan fingerprint density at radius 3 is 2.33 bits per heavy atom. The summed E-state index contributed by atoms with van der Waals surface area (Å²) in [5, 5.41) is 3.48. The molecule has 2 fully saturated rings. The SMILES string of the molecule is CC1CCC(c2cccc(C3CCNC3)c2)CC1. The third-order valence-electron chi connectivity index (χ3n) is 4.93. The van der Waals surface area contributed by atoms with E-state index in [1.54, 1.807) is 11.1 Å².